The predicted octanol–water partition coefficient (Wildman–Crippen LogP) is 1.62. The molecule has 0 spiro atoms. The Hall–Kier alpha value is -1.88. The van der Waals surface area contributed by atoms with Gasteiger partial charge in [-0.1, -0.05) is 31.4 Å². The van der Waals surface area contributed by atoms with Crippen LogP contribution >= 0.6 is 0 Å². The molecule has 1 heterocycles. The van der Waals surface area contributed by atoms with Gasteiger partial charge in [0.25, 0.3) is 0 Å². The average molecular weight is 359 g/mol. The number of quaternary nitrogens is 1. The number of Topliss-reactive ketones (excluding diaryl/α,β-unsaturated/α-hetero) is 1. The van der Waals surface area contributed by atoms with Gasteiger partial charge in [0.1, 0.15) is 12.3 Å². The van der Waals surface area contributed by atoms with Gasteiger partial charge in [-0.15, -0.1) is 0 Å². The quantitative estimate of drug-likeness (QED) is 0.759. The van der Waals surface area contributed by atoms with Gasteiger partial charge < -0.3 is 15.0 Å². The van der Waals surface area contributed by atoms with Crippen molar-refractivity contribution >= 4 is 11.7 Å². The van der Waals surface area contributed by atoms with Gasteiger partial charge in [-0.25, -0.2) is 0 Å². The number of carbonyl (C=O) groups excluding carboxylic acids is 2. The highest BCUT2D eigenvalue weighted by Crippen LogP contribution is 2.24. The fraction of sp³-hybridized carbons (Fsp3) is 0.619. The third-order valence-corrected chi connectivity index (χ3v) is 5.82. The van der Waals surface area contributed by atoms with E-state index in [0.717, 1.165) is 44.5 Å². The highest BCUT2D eigenvalue weighted by Gasteiger charge is 2.28. The molecule has 2 N–H and O–H groups in total. The molecule has 1 saturated carbocycles. The zero-order valence-electron chi connectivity index (χ0n) is 15.8. The monoisotopic (exact) mass is 359 g/mol. The van der Waals surface area contributed by atoms with E-state index in [9.17, 15) is 9.59 Å². The van der Waals surface area contributed by atoms with E-state index >= 15 is 0 Å². The van der Waals surface area contributed by atoms with Crippen molar-refractivity contribution < 1.29 is 19.2 Å². The number of carbonyl (C=O) groups is 2. The molecule has 26 heavy (non-hydrogen) atoms. The molecule has 5 nitrogen and oxygen atoms in total. The van der Waals surface area contributed by atoms with Crippen molar-refractivity contribution in [1.82, 2.24) is 5.32 Å². The van der Waals surface area contributed by atoms with Gasteiger partial charge in [0.2, 0.25) is 11.7 Å². The van der Waals surface area contributed by atoms with Crippen LogP contribution in [0.1, 0.15) is 55.3 Å². The Balaban J connectivity index is 1.43. The Labute approximate surface area is 156 Å². The summed E-state index contributed by atoms with van der Waals surface area (Å²) in [4.78, 5) is 26.2. The van der Waals surface area contributed by atoms with E-state index in [1.165, 1.54) is 24.2 Å². The number of piperidine rings is 1. The van der Waals surface area contributed by atoms with Crippen LogP contribution in [0, 0.1) is 5.92 Å². The number of rotatable bonds is 6. The van der Waals surface area contributed by atoms with Gasteiger partial charge in [0, 0.05) is 30.4 Å². The van der Waals surface area contributed by atoms with Crippen LogP contribution in [-0.2, 0) is 4.79 Å². The van der Waals surface area contributed by atoms with Crippen molar-refractivity contribution in [3.05, 3.63) is 29.8 Å². The standard InChI is InChI=1S/C21H30N2O3/c1-26-19-9-5-8-17(14-19)20(24)15-23-12-10-18(11-13-23)22-21(25)16-6-3-2-4-7-16/h5,8-9,14,16,18H,2-4,6-7,10-13,15H2,1H3,(H,22,25)/p+1. The minimum absolute atomic E-state index is 0.156. The minimum Gasteiger partial charge on any atom is -0.497 e. The van der Waals surface area contributed by atoms with Crippen LogP contribution in [0.25, 0.3) is 0 Å². The van der Waals surface area contributed by atoms with Gasteiger partial charge >= 0.3 is 0 Å². The van der Waals surface area contributed by atoms with Crippen LogP contribution in [-0.4, -0.2) is 44.5 Å². The van der Waals surface area contributed by atoms with Crippen LogP contribution in [0.2, 0.25) is 0 Å². The van der Waals surface area contributed by atoms with Gasteiger partial charge in [-0.2, -0.15) is 0 Å². The second kappa shape index (κ2) is 9.17. The van der Waals surface area contributed by atoms with E-state index in [1.807, 2.05) is 18.2 Å². The number of hydrogen-bond donors (Lipinski definition) is 2. The number of ether oxygens (including phenoxy) is 1. The number of nitrogens with one attached hydrogen (secondary N) is 2. The number of ketones is 1. The highest BCUT2D eigenvalue weighted by molar-refractivity contribution is 5.97. The zero-order chi connectivity index (χ0) is 18.4. The molecule has 1 amide bonds. The Kier molecular flexibility index (Phi) is 6.67. The van der Waals surface area contributed by atoms with E-state index in [0.29, 0.717) is 12.1 Å². The Bertz CT molecular complexity index is 617. The Morgan fingerprint density at radius 2 is 1.85 bits per heavy atom. The number of methoxy groups -OCH3 is 1. The van der Waals surface area contributed by atoms with Crippen LogP contribution in [0.4, 0.5) is 0 Å². The summed E-state index contributed by atoms with van der Waals surface area (Å²) in [7, 11) is 1.61. The topological polar surface area (TPSA) is 59.8 Å². The van der Waals surface area contributed by atoms with Crippen LogP contribution < -0.4 is 15.0 Å². The van der Waals surface area contributed by atoms with Crippen LogP contribution in [0.3, 0.4) is 0 Å². The normalized spacial score (nSPS) is 24.0. The van der Waals surface area contributed by atoms with Crippen molar-refractivity contribution in [2.45, 2.75) is 51.0 Å². The van der Waals surface area contributed by atoms with Gasteiger partial charge in [0.15, 0.2) is 0 Å². The number of benzene rings is 1. The van der Waals surface area contributed by atoms with Crippen LogP contribution in [0.5, 0.6) is 5.75 Å². The molecule has 1 aromatic carbocycles. The molecular formula is C21H31N2O3+. The maximum absolute atomic E-state index is 12.5. The van der Waals surface area contributed by atoms with Crippen LogP contribution in [0.15, 0.2) is 24.3 Å². The SMILES string of the molecule is COc1cccc(C(=O)C[NH+]2CCC(NC(=O)C3CCCCC3)CC2)c1. The maximum Gasteiger partial charge on any atom is 0.223 e. The van der Waals surface area contributed by atoms with E-state index in [2.05, 4.69) is 5.32 Å². The maximum atomic E-state index is 12.5. The van der Waals surface area contributed by atoms with Crippen molar-refractivity contribution in [3.63, 3.8) is 0 Å². The summed E-state index contributed by atoms with van der Waals surface area (Å²) in [6, 6.07) is 7.64. The third kappa shape index (κ3) is 5.07. The van der Waals surface area contributed by atoms with Gasteiger partial charge in [0.05, 0.1) is 20.2 Å². The number of likely N-dealkylation sites (tertiary alicyclic amines) is 1. The van der Waals surface area contributed by atoms with Gasteiger partial charge in [-0.05, 0) is 25.0 Å². The molecule has 1 aromatic rings. The van der Waals surface area contributed by atoms with E-state index in [1.54, 1.807) is 13.2 Å². The van der Waals surface area contributed by atoms with Gasteiger partial charge in [-0.3, -0.25) is 9.59 Å². The van der Waals surface area contributed by atoms with Crippen molar-refractivity contribution in [2.24, 2.45) is 5.92 Å². The third-order valence-electron chi connectivity index (χ3n) is 5.82. The summed E-state index contributed by atoms with van der Waals surface area (Å²) in [5, 5.41) is 3.26. The summed E-state index contributed by atoms with van der Waals surface area (Å²) < 4.78 is 5.20. The lowest BCUT2D eigenvalue weighted by Crippen LogP contribution is -3.14. The second-order valence-electron chi connectivity index (χ2n) is 7.70. The van der Waals surface area contributed by atoms with Crippen molar-refractivity contribution in [3.8, 4) is 5.75 Å². The largest absolute Gasteiger partial charge is 0.497 e. The van der Waals surface area contributed by atoms with E-state index in [-0.39, 0.29) is 23.7 Å². The first-order valence-corrected chi connectivity index (χ1v) is 9.97. The Morgan fingerprint density at radius 1 is 1.12 bits per heavy atom. The van der Waals surface area contributed by atoms with E-state index in [4.69, 9.17) is 4.74 Å². The molecule has 0 unspecified atom stereocenters. The second-order valence-corrected chi connectivity index (χ2v) is 7.70. The zero-order valence-corrected chi connectivity index (χ0v) is 15.8. The lowest BCUT2D eigenvalue weighted by Gasteiger charge is -2.31. The Morgan fingerprint density at radius 3 is 2.54 bits per heavy atom. The van der Waals surface area contributed by atoms with E-state index < -0.39 is 0 Å². The molecule has 3 rings (SSSR count). The fourth-order valence-electron chi connectivity index (χ4n) is 4.16. The first-order chi connectivity index (χ1) is 12.7. The molecule has 1 saturated heterocycles. The summed E-state index contributed by atoms with van der Waals surface area (Å²) >= 11 is 0. The average Bonchev–Trinajstić information content (AvgIpc) is 2.70. The first kappa shape index (κ1) is 18.9. The fourth-order valence-corrected chi connectivity index (χ4v) is 4.16. The van der Waals surface area contributed by atoms with Crippen molar-refractivity contribution in [2.75, 3.05) is 26.7 Å². The molecule has 0 radical (unpaired) electrons. The molecule has 142 valence electrons. The summed E-state index contributed by atoms with van der Waals surface area (Å²) in [6.45, 7) is 2.38. The molecular weight excluding hydrogens is 328 g/mol. The molecule has 2 aliphatic rings. The molecule has 0 bridgehead atoms. The lowest BCUT2D eigenvalue weighted by molar-refractivity contribution is -0.896. The number of amides is 1. The minimum atomic E-state index is 0.156. The molecule has 0 atom stereocenters. The first-order valence-electron chi connectivity index (χ1n) is 9.97. The smallest absolute Gasteiger partial charge is 0.223 e. The number of hydrogen-bond acceptors (Lipinski definition) is 3. The molecule has 2 fully saturated rings. The molecule has 0 aromatic heterocycles. The lowest BCUT2D eigenvalue weighted by atomic mass is 9.88. The summed E-state index contributed by atoms with van der Waals surface area (Å²) in [5.41, 5.74) is 0.713. The molecule has 5 heteroatoms. The predicted molar refractivity (Wildman–Crippen MR) is 101 cm³/mol. The van der Waals surface area contributed by atoms with Crippen molar-refractivity contribution in [1.29, 1.82) is 0 Å². The summed E-state index contributed by atoms with van der Waals surface area (Å²) in [6.07, 6.45) is 7.65. The molecule has 1 aliphatic heterocycles. The molecule has 1 aliphatic carbocycles. The summed E-state index contributed by atoms with van der Waals surface area (Å²) in [5.74, 6) is 1.35. The highest BCUT2D eigenvalue weighted by atomic mass is 16.5.